The van der Waals surface area contributed by atoms with Crippen molar-refractivity contribution in [1.82, 2.24) is 5.32 Å². The lowest BCUT2D eigenvalue weighted by Gasteiger charge is -2.41. The molecule has 2 aliphatic rings. The van der Waals surface area contributed by atoms with E-state index in [0.717, 1.165) is 31.5 Å². The van der Waals surface area contributed by atoms with Gasteiger partial charge < -0.3 is 10.2 Å². The molecule has 98 valence electrons. The second kappa shape index (κ2) is 4.93. The Labute approximate surface area is 110 Å². The Hall–Kier alpha value is -1.02. The first-order valence-electron chi connectivity index (χ1n) is 7.42. The molecule has 0 fully saturated rings. The van der Waals surface area contributed by atoms with Crippen molar-refractivity contribution in [2.24, 2.45) is 5.92 Å². The van der Waals surface area contributed by atoms with Crippen LogP contribution in [-0.2, 0) is 6.54 Å². The summed E-state index contributed by atoms with van der Waals surface area (Å²) in [6.07, 6.45) is 2.57. The first-order valence-corrected chi connectivity index (χ1v) is 7.42. The largest absolute Gasteiger partial charge is 0.369 e. The zero-order valence-electron chi connectivity index (χ0n) is 11.6. The lowest BCUT2D eigenvalue weighted by atomic mass is 9.77. The van der Waals surface area contributed by atoms with E-state index in [4.69, 9.17) is 0 Å². The summed E-state index contributed by atoms with van der Waals surface area (Å²) in [5, 5.41) is 3.55. The Morgan fingerprint density at radius 2 is 2.17 bits per heavy atom. The predicted molar refractivity (Wildman–Crippen MR) is 77.2 cm³/mol. The summed E-state index contributed by atoms with van der Waals surface area (Å²) < 4.78 is 0. The van der Waals surface area contributed by atoms with E-state index in [0.29, 0.717) is 0 Å². The minimum atomic E-state index is 0.763. The Bertz CT molecular complexity index is 427. The van der Waals surface area contributed by atoms with Crippen molar-refractivity contribution < 1.29 is 0 Å². The zero-order valence-corrected chi connectivity index (χ0v) is 11.6. The maximum absolute atomic E-state index is 3.55. The van der Waals surface area contributed by atoms with Crippen molar-refractivity contribution in [1.29, 1.82) is 0 Å². The van der Waals surface area contributed by atoms with Gasteiger partial charge in [-0.05, 0) is 29.4 Å². The fraction of sp³-hybridized carbons (Fsp3) is 0.625. The minimum Gasteiger partial charge on any atom is -0.369 e. The van der Waals surface area contributed by atoms with E-state index in [1.807, 2.05) is 0 Å². The highest BCUT2D eigenvalue weighted by Gasteiger charge is 2.33. The Morgan fingerprint density at radius 1 is 1.28 bits per heavy atom. The SMILES string of the molecule is CCC1CN2CCNCc3cccc(c32)C1CC. The summed E-state index contributed by atoms with van der Waals surface area (Å²) in [6, 6.07) is 6.91. The van der Waals surface area contributed by atoms with E-state index < -0.39 is 0 Å². The standard InChI is InChI=1S/C16H24N2/c1-3-12-11-18-9-8-17-10-13-6-5-7-15(16(13)18)14(12)4-2/h5-7,12,14,17H,3-4,8-11H2,1-2H3. The monoisotopic (exact) mass is 244 g/mol. The molecule has 18 heavy (non-hydrogen) atoms. The van der Waals surface area contributed by atoms with Crippen LogP contribution in [0.1, 0.15) is 43.7 Å². The first kappa shape index (κ1) is 12.0. The summed E-state index contributed by atoms with van der Waals surface area (Å²) >= 11 is 0. The molecule has 2 atom stereocenters. The van der Waals surface area contributed by atoms with E-state index >= 15 is 0 Å². The van der Waals surface area contributed by atoms with Crippen LogP contribution >= 0.6 is 0 Å². The molecule has 2 heterocycles. The maximum Gasteiger partial charge on any atom is 0.0447 e. The van der Waals surface area contributed by atoms with Gasteiger partial charge in [-0.25, -0.2) is 0 Å². The van der Waals surface area contributed by atoms with Gasteiger partial charge in [-0.1, -0.05) is 38.5 Å². The minimum absolute atomic E-state index is 0.763. The zero-order chi connectivity index (χ0) is 12.5. The third-order valence-electron chi connectivity index (χ3n) is 4.73. The highest BCUT2D eigenvalue weighted by atomic mass is 15.2. The van der Waals surface area contributed by atoms with E-state index in [1.54, 1.807) is 11.3 Å². The molecule has 2 unspecified atom stereocenters. The number of nitrogens with one attached hydrogen (secondary N) is 1. The van der Waals surface area contributed by atoms with Gasteiger partial charge >= 0.3 is 0 Å². The van der Waals surface area contributed by atoms with Gasteiger partial charge in [0.1, 0.15) is 0 Å². The molecule has 0 bridgehead atoms. The summed E-state index contributed by atoms with van der Waals surface area (Å²) in [6.45, 7) is 9.25. The molecule has 1 aromatic rings. The number of rotatable bonds is 2. The summed E-state index contributed by atoms with van der Waals surface area (Å²) in [4.78, 5) is 2.63. The molecular formula is C16H24N2. The number of anilines is 1. The van der Waals surface area contributed by atoms with Gasteiger partial charge in [-0.3, -0.25) is 0 Å². The number of para-hydroxylation sites is 1. The molecule has 1 N–H and O–H groups in total. The Morgan fingerprint density at radius 3 is 2.94 bits per heavy atom. The van der Waals surface area contributed by atoms with Gasteiger partial charge in [-0.15, -0.1) is 0 Å². The Balaban J connectivity index is 2.10. The van der Waals surface area contributed by atoms with Crippen molar-refractivity contribution in [3.8, 4) is 0 Å². The molecule has 1 aromatic carbocycles. The quantitative estimate of drug-likeness (QED) is 0.860. The highest BCUT2D eigenvalue weighted by Crippen LogP contribution is 2.43. The predicted octanol–water partition coefficient (Wildman–Crippen LogP) is 3.13. The van der Waals surface area contributed by atoms with Crippen LogP contribution < -0.4 is 10.2 Å². The van der Waals surface area contributed by atoms with E-state index in [1.165, 1.54) is 24.9 Å². The fourth-order valence-corrected chi connectivity index (χ4v) is 3.80. The molecule has 0 spiro atoms. The van der Waals surface area contributed by atoms with Crippen LogP contribution in [-0.4, -0.2) is 19.6 Å². The first-order chi connectivity index (χ1) is 8.85. The average Bonchev–Trinajstić information content (AvgIpc) is 2.62. The molecule has 0 aromatic heterocycles. The molecule has 0 radical (unpaired) electrons. The topological polar surface area (TPSA) is 15.3 Å². The smallest absolute Gasteiger partial charge is 0.0447 e. The van der Waals surface area contributed by atoms with Crippen LogP contribution in [0.2, 0.25) is 0 Å². The molecule has 2 nitrogen and oxygen atoms in total. The van der Waals surface area contributed by atoms with Crippen LogP contribution in [0.25, 0.3) is 0 Å². The molecule has 2 heteroatoms. The van der Waals surface area contributed by atoms with Crippen molar-refractivity contribution in [2.75, 3.05) is 24.5 Å². The van der Waals surface area contributed by atoms with Gasteiger partial charge in [0.05, 0.1) is 0 Å². The number of benzene rings is 1. The fourth-order valence-electron chi connectivity index (χ4n) is 3.80. The van der Waals surface area contributed by atoms with E-state index in [9.17, 15) is 0 Å². The second-order valence-electron chi connectivity index (χ2n) is 5.66. The normalized spacial score (nSPS) is 26.7. The summed E-state index contributed by atoms with van der Waals surface area (Å²) in [5.41, 5.74) is 4.66. The number of nitrogens with zero attached hydrogens (tertiary/aromatic N) is 1. The maximum atomic E-state index is 3.55. The van der Waals surface area contributed by atoms with E-state index in [2.05, 4.69) is 42.3 Å². The third-order valence-corrected chi connectivity index (χ3v) is 4.73. The van der Waals surface area contributed by atoms with E-state index in [-0.39, 0.29) is 0 Å². The van der Waals surface area contributed by atoms with Crippen molar-refractivity contribution in [2.45, 2.75) is 39.2 Å². The molecule has 3 rings (SSSR count). The van der Waals surface area contributed by atoms with Crippen LogP contribution in [0.15, 0.2) is 18.2 Å². The number of hydrogen-bond donors (Lipinski definition) is 1. The lowest BCUT2D eigenvalue weighted by Crippen LogP contribution is -2.39. The van der Waals surface area contributed by atoms with Gasteiger partial charge in [0.2, 0.25) is 0 Å². The molecule has 0 aliphatic carbocycles. The van der Waals surface area contributed by atoms with Gasteiger partial charge in [0.25, 0.3) is 0 Å². The van der Waals surface area contributed by atoms with Gasteiger partial charge in [0.15, 0.2) is 0 Å². The van der Waals surface area contributed by atoms with Crippen LogP contribution in [0.3, 0.4) is 0 Å². The molecule has 2 aliphatic heterocycles. The van der Waals surface area contributed by atoms with Crippen LogP contribution in [0.4, 0.5) is 5.69 Å². The summed E-state index contributed by atoms with van der Waals surface area (Å²) in [7, 11) is 0. The molecule has 0 amide bonds. The summed E-state index contributed by atoms with van der Waals surface area (Å²) in [5.74, 6) is 1.59. The second-order valence-corrected chi connectivity index (χ2v) is 5.66. The van der Waals surface area contributed by atoms with Gasteiger partial charge in [0, 0.05) is 31.9 Å². The van der Waals surface area contributed by atoms with Crippen molar-refractivity contribution >= 4 is 5.69 Å². The average molecular weight is 244 g/mol. The van der Waals surface area contributed by atoms with Crippen molar-refractivity contribution in [3.05, 3.63) is 29.3 Å². The molecule has 0 saturated carbocycles. The van der Waals surface area contributed by atoms with Gasteiger partial charge in [-0.2, -0.15) is 0 Å². The third kappa shape index (κ3) is 1.83. The Kier molecular flexibility index (Phi) is 3.29. The molecular weight excluding hydrogens is 220 g/mol. The lowest BCUT2D eigenvalue weighted by molar-refractivity contribution is 0.381. The van der Waals surface area contributed by atoms with Crippen LogP contribution in [0, 0.1) is 5.92 Å². The van der Waals surface area contributed by atoms with Crippen molar-refractivity contribution in [3.63, 3.8) is 0 Å². The molecule has 0 saturated heterocycles. The highest BCUT2D eigenvalue weighted by molar-refractivity contribution is 5.63. The van der Waals surface area contributed by atoms with Crippen LogP contribution in [0.5, 0.6) is 0 Å². The number of hydrogen-bond acceptors (Lipinski definition) is 2.